The molecular weight excluding hydrogens is 394 g/mol. The lowest BCUT2D eigenvalue weighted by atomic mass is 10.2. The van der Waals surface area contributed by atoms with E-state index in [9.17, 15) is 13.8 Å². The molecule has 0 bridgehead atoms. The van der Waals surface area contributed by atoms with Gasteiger partial charge >= 0.3 is 5.97 Å². The Morgan fingerprint density at radius 3 is 2.28 bits per heavy atom. The van der Waals surface area contributed by atoms with Gasteiger partial charge in [0, 0.05) is 5.75 Å². The Kier molecular flexibility index (Phi) is 9.17. The molecule has 2 aromatic rings. The summed E-state index contributed by atoms with van der Waals surface area (Å²) in [7, 11) is -1.29. The summed E-state index contributed by atoms with van der Waals surface area (Å²) in [5.74, 6) is 0.693. The second kappa shape index (κ2) is 11.9. The van der Waals surface area contributed by atoms with Gasteiger partial charge in [0.2, 0.25) is 0 Å². The van der Waals surface area contributed by atoms with Crippen LogP contribution in [0.1, 0.15) is 24.2 Å². The minimum absolute atomic E-state index is 0.208. The van der Waals surface area contributed by atoms with Gasteiger partial charge in [-0.15, -0.1) is 0 Å². The van der Waals surface area contributed by atoms with Crippen LogP contribution in [0.3, 0.4) is 0 Å². The van der Waals surface area contributed by atoms with Gasteiger partial charge in [-0.25, -0.2) is 4.79 Å². The highest BCUT2D eigenvalue weighted by Gasteiger charge is 2.17. The number of hydrogen-bond donors (Lipinski definition) is 1. The molecule has 0 saturated heterocycles. The SMILES string of the molecule is CCOc1ccc(OCCNC(=O)COC(=O)c2ccccc2S(=O)CC)cc1. The van der Waals surface area contributed by atoms with E-state index < -0.39 is 29.3 Å². The van der Waals surface area contributed by atoms with Crippen molar-refractivity contribution < 1.29 is 28.0 Å². The van der Waals surface area contributed by atoms with Gasteiger partial charge in [0.05, 0.1) is 34.4 Å². The molecule has 1 unspecified atom stereocenters. The van der Waals surface area contributed by atoms with Gasteiger partial charge in [-0.2, -0.15) is 0 Å². The predicted molar refractivity (Wildman–Crippen MR) is 110 cm³/mol. The summed E-state index contributed by atoms with van der Waals surface area (Å²) in [6.45, 7) is 4.39. The molecule has 0 aliphatic rings. The molecule has 1 atom stereocenters. The second-order valence-electron chi connectivity index (χ2n) is 5.81. The zero-order chi connectivity index (χ0) is 21.1. The maximum atomic E-state index is 12.2. The van der Waals surface area contributed by atoms with E-state index in [0.29, 0.717) is 23.0 Å². The lowest BCUT2D eigenvalue weighted by molar-refractivity contribution is -0.124. The zero-order valence-electron chi connectivity index (χ0n) is 16.5. The molecule has 0 saturated carbocycles. The van der Waals surface area contributed by atoms with Gasteiger partial charge < -0.3 is 19.5 Å². The Morgan fingerprint density at radius 2 is 1.62 bits per heavy atom. The molecule has 2 aromatic carbocycles. The van der Waals surface area contributed by atoms with Crippen molar-refractivity contribution in [2.24, 2.45) is 0 Å². The molecule has 0 spiro atoms. The molecule has 8 heteroatoms. The first-order chi connectivity index (χ1) is 14.0. The molecule has 0 heterocycles. The molecule has 0 radical (unpaired) electrons. The molecular formula is C21H25NO6S. The van der Waals surface area contributed by atoms with Crippen LogP contribution in [0.2, 0.25) is 0 Å². The van der Waals surface area contributed by atoms with Gasteiger partial charge in [-0.05, 0) is 43.3 Å². The number of carbonyl (C=O) groups excluding carboxylic acids is 2. The molecule has 1 N–H and O–H groups in total. The first-order valence-corrected chi connectivity index (χ1v) is 10.6. The summed E-state index contributed by atoms with van der Waals surface area (Å²) in [5.41, 5.74) is 0.208. The molecule has 0 aromatic heterocycles. The molecule has 1 amide bonds. The van der Waals surface area contributed by atoms with Crippen molar-refractivity contribution in [1.82, 2.24) is 5.32 Å². The van der Waals surface area contributed by atoms with Crippen molar-refractivity contribution in [1.29, 1.82) is 0 Å². The van der Waals surface area contributed by atoms with Crippen molar-refractivity contribution in [3.8, 4) is 11.5 Å². The smallest absolute Gasteiger partial charge is 0.339 e. The Balaban J connectivity index is 1.72. The molecule has 2 rings (SSSR count). The van der Waals surface area contributed by atoms with Crippen LogP contribution in [-0.4, -0.2) is 48.2 Å². The summed E-state index contributed by atoms with van der Waals surface area (Å²) in [5, 5.41) is 2.61. The van der Waals surface area contributed by atoms with Crippen molar-refractivity contribution >= 4 is 22.7 Å². The van der Waals surface area contributed by atoms with Crippen LogP contribution in [0.5, 0.6) is 11.5 Å². The van der Waals surface area contributed by atoms with Crippen LogP contribution in [0.4, 0.5) is 0 Å². The Morgan fingerprint density at radius 1 is 0.966 bits per heavy atom. The lowest BCUT2D eigenvalue weighted by Gasteiger charge is -2.10. The highest BCUT2D eigenvalue weighted by atomic mass is 32.2. The van der Waals surface area contributed by atoms with Crippen LogP contribution in [-0.2, 0) is 20.3 Å². The van der Waals surface area contributed by atoms with E-state index in [4.69, 9.17) is 14.2 Å². The van der Waals surface area contributed by atoms with Gasteiger partial charge in [0.25, 0.3) is 5.91 Å². The fourth-order valence-corrected chi connectivity index (χ4v) is 3.35. The Labute approximate surface area is 172 Å². The van der Waals surface area contributed by atoms with Gasteiger partial charge in [0.15, 0.2) is 6.61 Å². The molecule has 7 nitrogen and oxygen atoms in total. The molecule has 156 valence electrons. The zero-order valence-corrected chi connectivity index (χ0v) is 17.3. The summed E-state index contributed by atoms with van der Waals surface area (Å²) < 4.78 is 27.9. The molecule has 0 aliphatic heterocycles. The maximum Gasteiger partial charge on any atom is 0.339 e. The highest BCUT2D eigenvalue weighted by molar-refractivity contribution is 7.85. The quantitative estimate of drug-likeness (QED) is 0.445. The van der Waals surface area contributed by atoms with Crippen molar-refractivity contribution in [3.63, 3.8) is 0 Å². The van der Waals surface area contributed by atoms with E-state index in [2.05, 4.69) is 5.32 Å². The van der Waals surface area contributed by atoms with Crippen LogP contribution in [0, 0.1) is 0 Å². The van der Waals surface area contributed by atoms with Crippen LogP contribution in [0.25, 0.3) is 0 Å². The summed E-state index contributed by atoms with van der Waals surface area (Å²) in [6, 6.07) is 13.7. The Bertz CT molecular complexity index is 837. The molecule has 0 fully saturated rings. The number of rotatable bonds is 11. The summed E-state index contributed by atoms with van der Waals surface area (Å²) in [6.07, 6.45) is 0. The van der Waals surface area contributed by atoms with Gasteiger partial charge in [-0.3, -0.25) is 9.00 Å². The van der Waals surface area contributed by atoms with Crippen molar-refractivity contribution in [2.75, 3.05) is 32.1 Å². The average molecular weight is 419 g/mol. The molecule has 0 aliphatic carbocycles. The number of ether oxygens (including phenoxy) is 3. The third-order valence-electron chi connectivity index (χ3n) is 3.78. The van der Waals surface area contributed by atoms with E-state index in [1.165, 1.54) is 6.07 Å². The largest absolute Gasteiger partial charge is 0.494 e. The number of nitrogens with one attached hydrogen (secondary N) is 1. The van der Waals surface area contributed by atoms with E-state index in [0.717, 1.165) is 5.75 Å². The lowest BCUT2D eigenvalue weighted by Crippen LogP contribution is -2.32. The second-order valence-corrected chi connectivity index (χ2v) is 7.52. The van der Waals surface area contributed by atoms with Gasteiger partial charge in [0.1, 0.15) is 18.1 Å². The van der Waals surface area contributed by atoms with Gasteiger partial charge in [-0.1, -0.05) is 19.1 Å². The minimum atomic E-state index is -1.29. The number of benzene rings is 2. The fourth-order valence-electron chi connectivity index (χ4n) is 2.41. The maximum absolute atomic E-state index is 12.2. The normalized spacial score (nSPS) is 11.4. The van der Waals surface area contributed by atoms with Crippen LogP contribution >= 0.6 is 0 Å². The highest BCUT2D eigenvalue weighted by Crippen LogP contribution is 2.17. The molecule has 29 heavy (non-hydrogen) atoms. The van der Waals surface area contributed by atoms with E-state index in [1.54, 1.807) is 49.4 Å². The fraction of sp³-hybridized carbons (Fsp3) is 0.333. The third kappa shape index (κ3) is 7.23. The third-order valence-corrected chi connectivity index (χ3v) is 5.15. The summed E-state index contributed by atoms with van der Waals surface area (Å²) in [4.78, 5) is 24.5. The minimum Gasteiger partial charge on any atom is -0.494 e. The number of amides is 1. The summed E-state index contributed by atoms with van der Waals surface area (Å²) >= 11 is 0. The van der Waals surface area contributed by atoms with Crippen molar-refractivity contribution in [3.05, 3.63) is 54.1 Å². The Hall–Kier alpha value is -2.87. The number of carbonyl (C=O) groups is 2. The van der Waals surface area contributed by atoms with E-state index >= 15 is 0 Å². The van der Waals surface area contributed by atoms with Crippen molar-refractivity contribution in [2.45, 2.75) is 18.7 Å². The number of hydrogen-bond acceptors (Lipinski definition) is 6. The number of esters is 1. The predicted octanol–water partition coefficient (Wildman–Crippen LogP) is 2.56. The van der Waals surface area contributed by atoms with E-state index in [1.807, 2.05) is 6.92 Å². The topological polar surface area (TPSA) is 90.9 Å². The van der Waals surface area contributed by atoms with E-state index in [-0.39, 0.29) is 18.7 Å². The first-order valence-electron chi connectivity index (χ1n) is 9.32. The van der Waals surface area contributed by atoms with Crippen LogP contribution < -0.4 is 14.8 Å². The van der Waals surface area contributed by atoms with Crippen LogP contribution in [0.15, 0.2) is 53.4 Å². The monoisotopic (exact) mass is 419 g/mol. The first kappa shape index (κ1) is 22.4. The average Bonchev–Trinajstić information content (AvgIpc) is 2.75. The standard InChI is InChI=1S/C21H25NO6S/c1-3-26-16-9-11-17(12-10-16)27-14-13-22-20(23)15-28-21(24)18-7-5-6-8-19(18)29(25)4-2/h5-12H,3-4,13-15H2,1-2H3,(H,22,23).